The molecular weight excluding hydrogens is 174 g/mol. The minimum atomic E-state index is 0.338. The zero-order valence-corrected chi connectivity index (χ0v) is 9.76. The van der Waals surface area contributed by atoms with Gasteiger partial charge in [-0.2, -0.15) is 0 Å². The summed E-state index contributed by atoms with van der Waals surface area (Å²) in [5.74, 6) is 0. The zero-order valence-electron chi connectivity index (χ0n) is 9.76. The normalized spacial score (nSPS) is 20.8. The predicted octanol–water partition coefficient (Wildman–Crippen LogP) is 2.27. The van der Waals surface area contributed by atoms with Gasteiger partial charge in [-0.15, -0.1) is 0 Å². The van der Waals surface area contributed by atoms with E-state index in [1.807, 2.05) is 0 Å². The van der Waals surface area contributed by atoms with Gasteiger partial charge in [0.2, 0.25) is 0 Å². The van der Waals surface area contributed by atoms with Crippen LogP contribution in [0, 0.1) is 5.41 Å². The van der Waals surface area contributed by atoms with E-state index in [1.54, 1.807) is 0 Å². The topological polar surface area (TPSA) is 23.5 Å². The Labute approximate surface area is 88.3 Å². The molecule has 0 aliphatic carbocycles. The van der Waals surface area contributed by atoms with E-state index in [4.69, 9.17) is 5.11 Å². The Bertz CT molecular complexity index is 144. The van der Waals surface area contributed by atoms with E-state index in [0.717, 1.165) is 13.0 Å². The molecule has 1 saturated heterocycles. The second-order valence-electron chi connectivity index (χ2n) is 4.79. The average Bonchev–Trinajstić information content (AvgIpc) is 2.11. The van der Waals surface area contributed by atoms with Crippen molar-refractivity contribution in [1.29, 1.82) is 0 Å². The van der Waals surface area contributed by atoms with E-state index in [0.29, 0.717) is 12.0 Å². The van der Waals surface area contributed by atoms with Gasteiger partial charge in [0.1, 0.15) is 0 Å². The third-order valence-corrected chi connectivity index (χ3v) is 3.31. The summed E-state index contributed by atoms with van der Waals surface area (Å²) in [5, 5.41) is 8.74. The standard InChI is InChI=1S/C12H25NO/c1-3-6-12(7-4-2)10-13(11-12)8-5-9-14/h14H,3-11H2,1-2H3. The molecule has 1 aliphatic rings. The van der Waals surface area contributed by atoms with Gasteiger partial charge in [-0.3, -0.25) is 0 Å². The third-order valence-electron chi connectivity index (χ3n) is 3.31. The van der Waals surface area contributed by atoms with Crippen molar-refractivity contribution in [2.75, 3.05) is 26.2 Å². The van der Waals surface area contributed by atoms with Crippen molar-refractivity contribution in [3.05, 3.63) is 0 Å². The number of likely N-dealkylation sites (tertiary alicyclic amines) is 1. The van der Waals surface area contributed by atoms with Gasteiger partial charge in [0.05, 0.1) is 0 Å². The summed E-state index contributed by atoms with van der Waals surface area (Å²) in [6, 6.07) is 0. The molecule has 1 fully saturated rings. The number of aliphatic hydroxyl groups excluding tert-OH is 1. The van der Waals surface area contributed by atoms with Crippen LogP contribution in [0.2, 0.25) is 0 Å². The van der Waals surface area contributed by atoms with Gasteiger partial charge in [-0.25, -0.2) is 0 Å². The fraction of sp³-hybridized carbons (Fsp3) is 1.00. The molecule has 0 aromatic rings. The van der Waals surface area contributed by atoms with E-state index in [9.17, 15) is 0 Å². The van der Waals surface area contributed by atoms with Crippen LogP contribution >= 0.6 is 0 Å². The molecule has 0 saturated carbocycles. The van der Waals surface area contributed by atoms with Gasteiger partial charge in [0.15, 0.2) is 0 Å². The molecule has 0 unspecified atom stereocenters. The highest BCUT2D eigenvalue weighted by atomic mass is 16.3. The fourth-order valence-electron chi connectivity index (χ4n) is 2.86. The molecule has 0 bridgehead atoms. The quantitative estimate of drug-likeness (QED) is 0.680. The lowest BCUT2D eigenvalue weighted by Crippen LogP contribution is -2.56. The van der Waals surface area contributed by atoms with Gasteiger partial charge in [-0.1, -0.05) is 26.7 Å². The third kappa shape index (κ3) is 2.96. The maximum Gasteiger partial charge on any atom is 0.0443 e. The first-order valence-electron chi connectivity index (χ1n) is 6.09. The number of nitrogens with zero attached hydrogens (tertiary/aromatic N) is 1. The zero-order chi connectivity index (χ0) is 10.4. The molecular formula is C12H25NO. The summed E-state index contributed by atoms with van der Waals surface area (Å²) in [7, 11) is 0. The molecule has 0 aromatic carbocycles. The second-order valence-corrected chi connectivity index (χ2v) is 4.79. The summed E-state index contributed by atoms with van der Waals surface area (Å²) in [6.45, 7) is 8.54. The van der Waals surface area contributed by atoms with Gasteiger partial charge in [-0.05, 0) is 24.7 Å². The van der Waals surface area contributed by atoms with Gasteiger partial charge < -0.3 is 10.0 Å². The molecule has 0 aromatic heterocycles. The van der Waals surface area contributed by atoms with Crippen LogP contribution in [-0.4, -0.2) is 36.2 Å². The van der Waals surface area contributed by atoms with Crippen LogP contribution in [-0.2, 0) is 0 Å². The highest BCUT2D eigenvalue weighted by molar-refractivity contribution is 4.93. The minimum Gasteiger partial charge on any atom is -0.396 e. The van der Waals surface area contributed by atoms with Crippen LogP contribution < -0.4 is 0 Å². The Hall–Kier alpha value is -0.0800. The number of hydrogen-bond acceptors (Lipinski definition) is 2. The van der Waals surface area contributed by atoms with Crippen molar-refractivity contribution >= 4 is 0 Å². The van der Waals surface area contributed by atoms with Crippen molar-refractivity contribution in [3.8, 4) is 0 Å². The number of aliphatic hydroxyl groups is 1. The lowest BCUT2D eigenvalue weighted by Gasteiger charge is -2.51. The van der Waals surface area contributed by atoms with Crippen LogP contribution in [0.1, 0.15) is 46.0 Å². The minimum absolute atomic E-state index is 0.338. The lowest BCUT2D eigenvalue weighted by atomic mass is 9.72. The van der Waals surface area contributed by atoms with E-state index >= 15 is 0 Å². The Kier molecular flexibility index (Phi) is 4.90. The molecule has 1 heterocycles. The molecule has 2 nitrogen and oxygen atoms in total. The molecule has 84 valence electrons. The van der Waals surface area contributed by atoms with Crippen molar-refractivity contribution < 1.29 is 5.11 Å². The first-order valence-corrected chi connectivity index (χ1v) is 6.09. The SMILES string of the molecule is CCCC1(CCC)CN(CCCO)C1. The molecule has 1 N–H and O–H groups in total. The van der Waals surface area contributed by atoms with Gasteiger partial charge >= 0.3 is 0 Å². The predicted molar refractivity (Wildman–Crippen MR) is 60.4 cm³/mol. The number of rotatable bonds is 7. The lowest BCUT2D eigenvalue weighted by molar-refractivity contribution is -0.0171. The Balaban J connectivity index is 2.24. The van der Waals surface area contributed by atoms with Crippen LogP contribution in [0.25, 0.3) is 0 Å². The molecule has 0 amide bonds. The summed E-state index contributed by atoms with van der Waals surface area (Å²) in [5.41, 5.74) is 0.638. The fourth-order valence-corrected chi connectivity index (χ4v) is 2.86. The van der Waals surface area contributed by atoms with Gasteiger partial charge in [0, 0.05) is 26.2 Å². The molecule has 14 heavy (non-hydrogen) atoms. The first-order chi connectivity index (χ1) is 6.76. The van der Waals surface area contributed by atoms with Crippen LogP contribution in [0.15, 0.2) is 0 Å². The highest BCUT2D eigenvalue weighted by Gasteiger charge is 2.40. The van der Waals surface area contributed by atoms with Crippen LogP contribution in [0.5, 0.6) is 0 Å². The maximum atomic E-state index is 8.74. The van der Waals surface area contributed by atoms with Gasteiger partial charge in [0.25, 0.3) is 0 Å². The van der Waals surface area contributed by atoms with Crippen molar-refractivity contribution in [3.63, 3.8) is 0 Å². The summed E-state index contributed by atoms with van der Waals surface area (Å²) < 4.78 is 0. The Morgan fingerprint density at radius 1 is 1.14 bits per heavy atom. The van der Waals surface area contributed by atoms with E-state index < -0.39 is 0 Å². The van der Waals surface area contributed by atoms with E-state index in [2.05, 4.69) is 18.7 Å². The molecule has 0 spiro atoms. The second kappa shape index (κ2) is 5.72. The van der Waals surface area contributed by atoms with Crippen LogP contribution in [0.4, 0.5) is 0 Å². The summed E-state index contributed by atoms with van der Waals surface area (Å²) in [6.07, 6.45) is 6.34. The largest absolute Gasteiger partial charge is 0.396 e. The molecule has 2 heteroatoms. The smallest absolute Gasteiger partial charge is 0.0443 e. The van der Waals surface area contributed by atoms with Crippen molar-refractivity contribution in [1.82, 2.24) is 4.90 Å². The monoisotopic (exact) mass is 199 g/mol. The average molecular weight is 199 g/mol. The number of hydrogen-bond donors (Lipinski definition) is 1. The molecule has 1 rings (SSSR count). The first kappa shape index (κ1) is 12.0. The maximum absolute atomic E-state index is 8.74. The molecule has 0 radical (unpaired) electrons. The Morgan fingerprint density at radius 2 is 1.71 bits per heavy atom. The van der Waals surface area contributed by atoms with Crippen LogP contribution in [0.3, 0.4) is 0 Å². The Morgan fingerprint density at radius 3 is 2.14 bits per heavy atom. The van der Waals surface area contributed by atoms with Crippen molar-refractivity contribution in [2.24, 2.45) is 5.41 Å². The highest BCUT2D eigenvalue weighted by Crippen LogP contribution is 2.39. The van der Waals surface area contributed by atoms with E-state index in [1.165, 1.54) is 38.8 Å². The molecule has 0 atom stereocenters. The van der Waals surface area contributed by atoms with E-state index in [-0.39, 0.29) is 0 Å². The summed E-state index contributed by atoms with van der Waals surface area (Å²) >= 11 is 0. The van der Waals surface area contributed by atoms with Crippen molar-refractivity contribution in [2.45, 2.75) is 46.0 Å². The summed E-state index contributed by atoms with van der Waals surface area (Å²) in [4.78, 5) is 2.49. The molecule has 1 aliphatic heterocycles.